The third kappa shape index (κ3) is 7.18. The fourth-order valence-electron chi connectivity index (χ4n) is 3.88. The van der Waals surface area contributed by atoms with Crippen molar-refractivity contribution in [2.75, 3.05) is 26.9 Å². The molecule has 7 heteroatoms. The SMILES string of the molecule is C=CCOC[C@@H](O)CN(Cc1c(-c2ccccc2)nn(C)c1Oc1ccc(OC)cc1)[C@H](C)CC. The Hall–Kier alpha value is -3.13. The molecule has 0 bridgehead atoms. The standard InChI is InChI=1S/C28H37N3O4/c1-6-17-34-20-23(32)18-31(21(3)7-2)19-26-27(22-11-9-8-10-12-22)29-30(4)28(26)35-25-15-13-24(33-5)14-16-25/h6,8-16,21,23,32H,1,7,17-20H2,2-5H3/t21-,23+/m1/s1. The minimum Gasteiger partial charge on any atom is -0.497 e. The summed E-state index contributed by atoms with van der Waals surface area (Å²) < 4.78 is 18.9. The van der Waals surface area contributed by atoms with Crippen molar-refractivity contribution in [2.24, 2.45) is 7.05 Å². The summed E-state index contributed by atoms with van der Waals surface area (Å²) in [6.07, 6.45) is 2.01. The third-order valence-electron chi connectivity index (χ3n) is 5.98. The molecule has 0 unspecified atom stereocenters. The number of ether oxygens (including phenoxy) is 3. The molecule has 2 aromatic carbocycles. The van der Waals surface area contributed by atoms with Crippen LogP contribution in [-0.4, -0.2) is 58.8 Å². The summed E-state index contributed by atoms with van der Waals surface area (Å²) in [7, 11) is 3.53. The van der Waals surface area contributed by atoms with E-state index >= 15 is 0 Å². The van der Waals surface area contributed by atoms with E-state index in [1.54, 1.807) is 17.9 Å². The molecule has 35 heavy (non-hydrogen) atoms. The van der Waals surface area contributed by atoms with Gasteiger partial charge in [0.25, 0.3) is 0 Å². The number of aryl methyl sites for hydroxylation is 1. The Labute approximate surface area is 208 Å². The second kappa shape index (κ2) is 13.1. The number of benzene rings is 2. The van der Waals surface area contributed by atoms with Gasteiger partial charge < -0.3 is 19.3 Å². The van der Waals surface area contributed by atoms with Crippen LogP contribution in [0, 0.1) is 0 Å². The van der Waals surface area contributed by atoms with Crippen molar-refractivity contribution in [2.45, 2.75) is 39.0 Å². The molecule has 188 valence electrons. The summed E-state index contributed by atoms with van der Waals surface area (Å²) in [6.45, 7) is 9.69. The van der Waals surface area contributed by atoms with Crippen molar-refractivity contribution in [3.05, 3.63) is 72.8 Å². The molecule has 2 atom stereocenters. The molecule has 0 amide bonds. The summed E-state index contributed by atoms with van der Waals surface area (Å²) >= 11 is 0. The Bertz CT molecular complexity index is 1050. The van der Waals surface area contributed by atoms with E-state index in [1.165, 1.54) is 0 Å². The van der Waals surface area contributed by atoms with Gasteiger partial charge in [0.2, 0.25) is 5.88 Å². The molecule has 0 radical (unpaired) electrons. The molecule has 3 aromatic rings. The highest BCUT2D eigenvalue weighted by Crippen LogP contribution is 2.35. The van der Waals surface area contributed by atoms with Crippen LogP contribution in [-0.2, 0) is 18.3 Å². The van der Waals surface area contributed by atoms with Crippen molar-refractivity contribution in [1.82, 2.24) is 14.7 Å². The van der Waals surface area contributed by atoms with Gasteiger partial charge in [0, 0.05) is 31.7 Å². The quantitative estimate of drug-likeness (QED) is 0.258. The topological polar surface area (TPSA) is 69.0 Å². The monoisotopic (exact) mass is 479 g/mol. The van der Waals surface area contributed by atoms with E-state index in [1.807, 2.05) is 49.5 Å². The van der Waals surface area contributed by atoms with Gasteiger partial charge in [0.05, 0.1) is 32.0 Å². The zero-order valence-electron chi connectivity index (χ0n) is 21.2. The van der Waals surface area contributed by atoms with Gasteiger partial charge in [0.1, 0.15) is 17.2 Å². The van der Waals surface area contributed by atoms with Crippen molar-refractivity contribution in [3.8, 4) is 28.6 Å². The smallest absolute Gasteiger partial charge is 0.222 e. The number of methoxy groups -OCH3 is 1. The Kier molecular flexibility index (Phi) is 9.90. The maximum Gasteiger partial charge on any atom is 0.222 e. The highest BCUT2D eigenvalue weighted by atomic mass is 16.5. The molecule has 0 saturated heterocycles. The molecule has 0 saturated carbocycles. The van der Waals surface area contributed by atoms with Gasteiger partial charge in [-0.25, -0.2) is 4.68 Å². The molecule has 0 fully saturated rings. The summed E-state index contributed by atoms with van der Waals surface area (Å²) in [5.41, 5.74) is 2.85. The van der Waals surface area contributed by atoms with Gasteiger partial charge in [-0.2, -0.15) is 5.10 Å². The normalized spacial score (nSPS) is 13.0. The van der Waals surface area contributed by atoms with Crippen molar-refractivity contribution in [1.29, 1.82) is 0 Å². The van der Waals surface area contributed by atoms with Gasteiger partial charge in [-0.1, -0.05) is 43.3 Å². The number of nitrogens with zero attached hydrogens (tertiary/aromatic N) is 3. The van der Waals surface area contributed by atoms with E-state index < -0.39 is 6.10 Å². The first-order chi connectivity index (χ1) is 17.0. The number of rotatable bonds is 14. The van der Waals surface area contributed by atoms with Crippen LogP contribution in [0.2, 0.25) is 0 Å². The minimum atomic E-state index is -0.619. The predicted molar refractivity (Wildman–Crippen MR) is 139 cm³/mol. The van der Waals surface area contributed by atoms with Crippen LogP contribution in [0.5, 0.6) is 17.4 Å². The summed E-state index contributed by atoms with van der Waals surface area (Å²) in [5, 5.41) is 15.5. The van der Waals surface area contributed by atoms with Gasteiger partial charge in [-0.05, 0) is 37.6 Å². The fraction of sp³-hybridized carbons (Fsp3) is 0.393. The molecule has 0 aliphatic heterocycles. The van der Waals surface area contributed by atoms with Crippen LogP contribution < -0.4 is 9.47 Å². The maximum absolute atomic E-state index is 10.6. The molecule has 0 spiro atoms. The number of hydrogen-bond acceptors (Lipinski definition) is 6. The lowest BCUT2D eigenvalue weighted by Gasteiger charge is -2.30. The Morgan fingerprint density at radius 2 is 1.80 bits per heavy atom. The summed E-state index contributed by atoms with van der Waals surface area (Å²) in [6, 6.07) is 17.8. The van der Waals surface area contributed by atoms with Gasteiger partial charge >= 0.3 is 0 Å². The van der Waals surface area contributed by atoms with E-state index in [9.17, 15) is 5.11 Å². The number of aromatic nitrogens is 2. The average Bonchev–Trinajstić information content (AvgIpc) is 3.18. The van der Waals surface area contributed by atoms with Gasteiger partial charge in [-0.15, -0.1) is 6.58 Å². The van der Waals surface area contributed by atoms with Crippen LogP contribution in [0.15, 0.2) is 67.3 Å². The maximum atomic E-state index is 10.6. The predicted octanol–water partition coefficient (Wildman–Crippen LogP) is 5.05. The number of hydrogen-bond donors (Lipinski definition) is 1. The first-order valence-corrected chi connectivity index (χ1v) is 12.0. The van der Waals surface area contributed by atoms with Crippen LogP contribution in [0.25, 0.3) is 11.3 Å². The van der Waals surface area contributed by atoms with Crippen LogP contribution in [0.3, 0.4) is 0 Å². The van der Waals surface area contributed by atoms with E-state index in [0.717, 1.165) is 29.0 Å². The fourth-order valence-corrected chi connectivity index (χ4v) is 3.88. The molecule has 0 aliphatic rings. The Balaban J connectivity index is 1.96. The molecule has 3 rings (SSSR count). The average molecular weight is 480 g/mol. The van der Waals surface area contributed by atoms with Crippen LogP contribution in [0.4, 0.5) is 0 Å². The van der Waals surface area contributed by atoms with Gasteiger partial charge in [0.15, 0.2) is 0 Å². The van der Waals surface area contributed by atoms with Crippen molar-refractivity contribution >= 4 is 0 Å². The van der Waals surface area contributed by atoms with Gasteiger partial charge in [-0.3, -0.25) is 4.90 Å². The molecule has 1 N–H and O–H groups in total. The second-order valence-electron chi connectivity index (χ2n) is 8.57. The summed E-state index contributed by atoms with van der Waals surface area (Å²) in [5.74, 6) is 2.13. The number of aliphatic hydroxyl groups is 1. The molecule has 7 nitrogen and oxygen atoms in total. The van der Waals surface area contributed by atoms with Crippen molar-refractivity contribution in [3.63, 3.8) is 0 Å². The first kappa shape index (κ1) is 26.5. The summed E-state index contributed by atoms with van der Waals surface area (Å²) in [4.78, 5) is 2.26. The lowest BCUT2D eigenvalue weighted by atomic mass is 10.1. The minimum absolute atomic E-state index is 0.238. The van der Waals surface area contributed by atoms with E-state index in [4.69, 9.17) is 19.3 Å². The number of aliphatic hydroxyl groups excluding tert-OH is 1. The van der Waals surface area contributed by atoms with E-state index in [2.05, 4.69) is 37.5 Å². The zero-order chi connectivity index (χ0) is 25.2. The molecule has 0 aliphatic carbocycles. The third-order valence-corrected chi connectivity index (χ3v) is 5.98. The first-order valence-electron chi connectivity index (χ1n) is 12.0. The highest BCUT2D eigenvalue weighted by Gasteiger charge is 2.25. The largest absolute Gasteiger partial charge is 0.497 e. The van der Waals surface area contributed by atoms with Crippen LogP contribution in [0.1, 0.15) is 25.8 Å². The second-order valence-corrected chi connectivity index (χ2v) is 8.57. The van der Waals surface area contributed by atoms with Crippen molar-refractivity contribution < 1.29 is 19.3 Å². The molecule has 1 aromatic heterocycles. The Morgan fingerprint density at radius 1 is 1.11 bits per heavy atom. The lowest BCUT2D eigenvalue weighted by Crippen LogP contribution is -2.40. The highest BCUT2D eigenvalue weighted by molar-refractivity contribution is 5.65. The Morgan fingerprint density at radius 3 is 2.43 bits per heavy atom. The zero-order valence-corrected chi connectivity index (χ0v) is 21.2. The molecular formula is C28H37N3O4. The van der Waals surface area contributed by atoms with E-state index in [-0.39, 0.29) is 12.6 Å². The molecule has 1 heterocycles. The molecular weight excluding hydrogens is 442 g/mol. The van der Waals surface area contributed by atoms with Crippen LogP contribution >= 0.6 is 0 Å². The van der Waals surface area contributed by atoms with E-state index in [0.29, 0.717) is 31.3 Å². The lowest BCUT2D eigenvalue weighted by molar-refractivity contribution is 0.0156.